The van der Waals surface area contributed by atoms with Crippen LogP contribution in [0, 0.1) is 22.0 Å². The molecule has 3 aliphatic heterocycles. The van der Waals surface area contributed by atoms with Gasteiger partial charge in [0, 0.05) is 40.2 Å². The molecule has 1 saturated heterocycles. The third-order valence-electron chi connectivity index (χ3n) is 9.68. The third-order valence-corrected chi connectivity index (χ3v) is 9.68. The molecule has 3 heterocycles. The minimum Gasteiger partial charge on any atom is -0.352 e. The van der Waals surface area contributed by atoms with Gasteiger partial charge in [-0.2, -0.15) is 0 Å². The molecular formula is C38H33N3O5. The number of carbonyl (C=O) groups excluding carboxylic acids is 3. The van der Waals surface area contributed by atoms with Gasteiger partial charge < -0.3 is 10.2 Å². The van der Waals surface area contributed by atoms with E-state index in [9.17, 15) is 19.7 Å². The molecule has 7 rings (SSSR count). The largest absolute Gasteiger partial charge is 0.352 e. The third kappa shape index (κ3) is 4.31. The molecule has 4 aromatic rings. The fourth-order valence-electron chi connectivity index (χ4n) is 7.76. The van der Waals surface area contributed by atoms with Crippen LogP contribution in [0.1, 0.15) is 58.2 Å². The summed E-state index contributed by atoms with van der Waals surface area (Å²) < 4.78 is 0. The van der Waals surface area contributed by atoms with Gasteiger partial charge in [0.15, 0.2) is 11.6 Å². The lowest BCUT2D eigenvalue weighted by atomic mass is 9.64. The SMILES string of the molecule is CC1=C[C@@H]2N(c3ccccc31)[C@@H](C(=O)c1ccc([N+](=O)[O-])cc1)[C@@H](C(=O)c1ccc(CC(C)C)cc1)[C@]21C(=O)Nc2ccccc21. The highest BCUT2D eigenvalue weighted by Crippen LogP contribution is 2.58. The van der Waals surface area contributed by atoms with Crippen LogP contribution in [0.15, 0.2) is 103 Å². The summed E-state index contributed by atoms with van der Waals surface area (Å²) in [4.78, 5) is 57.3. The number of hydrogen-bond donors (Lipinski definition) is 1. The van der Waals surface area contributed by atoms with Crippen molar-refractivity contribution in [2.45, 2.75) is 44.7 Å². The second-order valence-corrected chi connectivity index (χ2v) is 12.8. The first-order valence-corrected chi connectivity index (χ1v) is 15.5. The van der Waals surface area contributed by atoms with Crippen molar-refractivity contribution in [3.63, 3.8) is 0 Å². The van der Waals surface area contributed by atoms with Crippen molar-refractivity contribution in [1.29, 1.82) is 0 Å². The zero-order valence-corrected chi connectivity index (χ0v) is 25.8. The first-order valence-electron chi connectivity index (χ1n) is 15.5. The number of nitro benzene ring substituents is 1. The summed E-state index contributed by atoms with van der Waals surface area (Å²) >= 11 is 0. The number of ketones is 2. The predicted octanol–water partition coefficient (Wildman–Crippen LogP) is 7.04. The molecule has 4 atom stereocenters. The van der Waals surface area contributed by atoms with Crippen molar-refractivity contribution in [2.75, 3.05) is 10.2 Å². The summed E-state index contributed by atoms with van der Waals surface area (Å²) in [6.07, 6.45) is 2.87. The molecule has 8 nitrogen and oxygen atoms in total. The second-order valence-electron chi connectivity index (χ2n) is 12.8. The molecule has 46 heavy (non-hydrogen) atoms. The van der Waals surface area contributed by atoms with E-state index < -0.39 is 28.3 Å². The Hall–Kier alpha value is -5.37. The quantitative estimate of drug-likeness (QED) is 0.136. The minimum atomic E-state index is -1.43. The highest BCUT2D eigenvalue weighted by atomic mass is 16.6. The summed E-state index contributed by atoms with van der Waals surface area (Å²) in [6.45, 7) is 6.25. The second kappa shape index (κ2) is 10.9. The Bertz CT molecular complexity index is 1950. The Morgan fingerprint density at radius 2 is 1.52 bits per heavy atom. The highest BCUT2D eigenvalue weighted by Gasteiger charge is 2.70. The lowest BCUT2D eigenvalue weighted by Gasteiger charge is -2.39. The molecule has 230 valence electrons. The van der Waals surface area contributed by atoms with E-state index in [1.807, 2.05) is 78.6 Å². The van der Waals surface area contributed by atoms with Crippen LogP contribution < -0.4 is 10.2 Å². The van der Waals surface area contributed by atoms with E-state index >= 15 is 4.79 Å². The molecule has 1 spiro atoms. The zero-order chi connectivity index (χ0) is 32.3. The molecule has 4 aromatic carbocycles. The lowest BCUT2D eigenvalue weighted by Crippen LogP contribution is -2.51. The minimum absolute atomic E-state index is 0.141. The number of carbonyl (C=O) groups is 3. The Balaban J connectivity index is 1.48. The van der Waals surface area contributed by atoms with Gasteiger partial charge in [-0.05, 0) is 60.2 Å². The van der Waals surface area contributed by atoms with Crippen molar-refractivity contribution >= 4 is 40.1 Å². The van der Waals surface area contributed by atoms with Crippen LogP contribution in [0.5, 0.6) is 0 Å². The van der Waals surface area contributed by atoms with E-state index in [1.54, 1.807) is 12.1 Å². The van der Waals surface area contributed by atoms with Crippen molar-refractivity contribution < 1.29 is 19.3 Å². The monoisotopic (exact) mass is 611 g/mol. The number of anilines is 2. The van der Waals surface area contributed by atoms with E-state index in [0.717, 1.165) is 28.8 Å². The molecule has 1 N–H and O–H groups in total. The topological polar surface area (TPSA) is 110 Å². The number of para-hydroxylation sites is 2. The maximum Gasteiger partial charge on any atom is 0.269 e. The van der Waals surface area contributed by atoms with Crippen LogP contribution >= 0.6 is 0 Å². The van der Waals surface area contributed by atoms with Gasteiger partial charge in [-0.15, -0.1) is 0 Å². The number of nitrogens with one attached hydrogen (secondary N) is 1. The maximum absolute atomic E-state index is 15.1. The fourth-order valence-corrected chi connectivity index (χ4v) is 7.76. The van der Waals surface area contributed by atoms with Crippen molar-refractivity contribution in [3.8, 4) is 0 Å². The first kappa shape index (κ1) is 29.3. The summed E-state index contributed by atoms with van der Waals surface area (Å²) in [5, 5.41) is 14.5. The first-order chi connectivity index (χ1) is 22.1. The van der Waals surface area contributed by atoms with E-state index in [-0.39, 0.29) is 28.7 Å². The molecule has 0 radical (unpaired) electrons. The molecular weight excluding hydrogens is 578 g/mol. The normalized spacial score (nSPS) is 22.6. The van der Waals surface area contributed by atoms with Crippen molar-refractivity contribution in [2.24, 2.45) is 11.8 Å². The van der Waals surface area contributed by atoms with Gasteiger partial charge in [-0.1, -0.05) is 80.6 Å². The number of non-ortho nitro benzene ring substituents is 1. The maximum atomic E-state index is 15.1. The standard InChI is InChI=1S/C38H33N3O5/c1-22(2)20-24-12-14-25(15-13-24)35(42)33-34(36(43)26-16-18-27(19-17-26)41(45)46)40-31-11-7-4-8-28(31)23(3)21-32(40)38(33)29-9-5-6-10-30(29)39-37(38)44/h4-19,21-22,32-34H,20H2,1-3H3,(H,39,44)/t32-,33-,34+,38+/m0/s1. The van der Waals surface area contributed by atoms with Crippen LogP contribution in [-0.4, -0.2) is 34.5 Å². The molecule has 1 amide bonds. The molecule has 0 aliphatic carbocycles. The Morgan fingerprint density at radius 3 is 2.22 bits per heavy atom. The van der Waals surface area contributed by atoms with Crippen molar-refractivity contribution in [3.05, 3.63) is 141 Å². The summed E-state index contributed by atoms with van der Waals surface area (Å²) in [7, 11) is 0. The molecule has 8 heteroatoms. The van der Waals surface area contributed by atoms with E-state index in [1.165, 1.54) is 24.3 Å². The van der Waals surface area contributed by atoms with E-state index in [0.29, 0.717) is 22.7 Å². The highest BCUT2D eigenvalue weighted by molar-refractivity contribution is 6.18. The number of nitro groups is 1. The van der Waals surface area contributed by atoms with Gasteiger partial charge in [0.2, 0.25) is 5.91 Å². The molecule has 1 fully saturated rings. The van der Waals surface area contributed by atoms with Crippen LogP contribution in [0.25, 0.3) is 5.57 Å². The van der Waals surface area contributed by atoms with Gasteiger partial charge >= 0.3 is 0 Å². The van der Waals surface area contributed by atoms with Crippen LogP contribution in [0.2, 0.25) is 0 Å². The fraction of sp³-hybridized carbons (Fsp3) is 0.237. The predicted molar refractivity (Wildman–Crippen MR) is 177 cm³/mol. The summed E-state index contributed by atoms with van der Waals surface area (Å²) in [6, 6.07) is 26.3. The number of amides is 1. The number of rotatable bonds is 7. The average Bonchev–Trinajstić information content (AvgIpc) is 3.52. The average molecular weight is 612 g/mol. The van der Waals surface area contributed by atoms with Gasteiger partial charge in [0.1, 0.15) is 11.5 Å². The number of allylic oxidation sites excluding steroid dienone is 1. The number of benzene rings is 4. The van der Waals surface area contributed by atoms with Gasteiger partial charge in [0.25, 0.3) is 5.69 Å². The van der Waals surface area contributed by atoms with Crippen molar-refractivity contribution in [1.82, 2.24) is 0 Å². The van der Waals surface area contributed by atoms with Crippen LogP contribution in [-0.2, 0) is 16.6 Å². The molecule has 3 aliphatic rings. The van der Waals surface area contributed by atoms with E-state index in [2.05, 4.69) is 19.2 Å². The van der Waals surface area contributed by atoms with Crippen LogP contribution in [0.3, 0.4) is 0 Å². The Kier molecular flexibility index (Phi) is 6.96. The number of nitrogens with zero attached hydrogens (tertiary/aromatic N) is 2. The smallest absolute Gasteiger partial charge is 0.269 e. The van der Waals surface area contributed by atoms with Gasteiger partial charge in [0.05, 0.1) is 16.9 Å². The molecule has 0 saturated carbocycles. The number of hydrogen-bond acceptors (Lipinski definition) is 6. The zero-order valence-electron chi connectivity index (χ0n) is 25.8. The number of fused-ring (bicyclic) bond motifs is 6. The van der Waals surface area contributed by atoms with Gasteiger partial charge in [-0.25, -0.2) is 0 Å². The van der Waals surface area contributed by atoms with Gasteiger partial charge in [-0.3, -0.25) is 24.5 Å². The Morgan fingerprint density at radius 1 is 0.891 bits per heavy atom. The Labute approximate surface area is 266 Å². The summed E-state index contributed by atoms with van der Waals surface area (Å²) in [5.74, 6) is -1.70. The number of Topliss-reactive ketones (excluding diaryl/α,β-unsaturated/α-hetero) is 2. The molecule has 0 bridgehead atoms. The lowest BCUT2D eigenvalue weighted by molar-refractivity contribution is -0.384. The van der Waals surface area contributed by atoms with Crippen LogP contribution in [0.4, 0.5) is 17.1 Å². The molecule has 0 aromatic heterocycles. The van der Waals surface area contributed by atoms with E-state index in [4.69, 9.17) is 0 Å². The molecule has 0 unspecified atom stereocenters. The summed E-state index contributed by atoms with van der Waals surface area (Å²) in [5.41, 5.74) is 4.08.